The summed E-state index contributed by atoms with van der Waals surface area (Å²) >= 11 is 0. The maximum Gasteiger partial charge on any atom is 0.525 e. The molecule has 6 nitrogen and oxygen atoms in total. The fourth-order valence-corrected chi connectivity index (χ4v) is 4.22. The van der Waals surface area contributed by atoms with E-state index in [0.29, 0.717) is 26.1 Å². The lowest BCUT2D eigenvalue weighted by atomic mass is 9.87. The van der Waals surface area contributed by atoms with Crippen molar-refractivity contribution in [2.75, 3.05) is 19.7 Å². The Morgan fingerprint density at radius 3 is 2.48 bits per heavy atom. The number of nitrogens with zero attached hydrogens (tertiary/aromatic N) is 1. The van der Waals surface area contributed by atoms with Gasteiger partial charge < -0.3 is 19.8 Å². The van der Waals surface area contributed by atoms with E-state index in [4.69, 9.17) is 19.8 Å². The summed E-state index contributed by atoms with van der Waals surface area (Å²) in [6, 6.07) is 22.7. The number of aliphatic hydroxyl groups is 1. The number of benzene rings is 3. The molecule has 2 N–H and O–H groups in total. The molecule has 0 saturated carbocycles. The highest BCUT2D eigenvalue weighted by Gasteiger charge is 2.33. The van der Waals surface area contributed by atoms with Crippen LogP contribution in [0.15, 0.2) is 66.7 Å². The van der Waals surface area contributed by atoms with E-state index in [9.17, 15) is 4.79 Å². The first-order valence-electron chi connectivity index (χ1n) is 10.6. The van der Waals surface area contributed by atoms with E-state index in [1.807, 2.05) is 24.3 Å². The Balaban J connectivity index is 1.50. The van der Waals surface area contributed by atoms with Gasteiger partial charge in [-0.2, -0.15) is 0 Å². The molecule has 162 valence electrons. The van der Waals surface area contributed by atoms with E-state index in [1.54, 1.807) is 0 Å². The van der Waals surface area contributed by atoms with Crippen LogP contribution >= 0.6 is 0 Å². The van der Waals surface area contributed by atoms with Gasteiger partial charge in [0.05, 0.1) is 19.3 Å². The van der Waals surface area contributed by atoms with Crippen molar-refractivity contribution in [3.63, 3.8) is 0 Å². The lowest BCUT2D eigenvalue weighted by Gasteiger charge is -2.37. The molecule has 3 aromatic carbocycles. The minimum atomic E-state index is -1.31. The van der Waals surface area contributed by atoms with Crippen LogP contribution in [0.3, 0.4) is 0 Å². The summed E-state index contributed by atoms with van der Waals surface area (Å²) in [5.74, 6) is 0.136. The van der Waals surface area contributed by atoms with Crippen molar-refractivity contribution in [3.05, 3.63) is 83.4 Å². The van der Waals surface area contributed by atoms with Gasteiger partial charge in [0.2, 0.25) is 0 Å². The van der Waals surface area contributed by atoms with Gasteiger partial charge in [0.1, 0.15) is 0 Å². The molecule has 1 heterocycles. The molecule has 2 unspecified atom stereocenters. The molecule has 6 heteroatoms. The Morgan fingerprint density at radius 2 is 1.74 bits per heavy atom. The predicted molar refractivity (Wildman–Crippen MR) is 118 cm³/mol. The molecule has 1 fully saturated rings. The fraction of sp³-hybridized carbons (Fsp3) is 0.320. The van der Waals surface area contributed by atoms with Crippen molar-refractivity contribution in [3.8, 4) is 0 Å². The van der Waals surface area contributed by atoms with Crippen LogP contribution in [0.25, 0.3) is 10.8 Å². The minimum absolute atomic E-state index is 0.127. The maximum absolute atomic E-state index is 11.0. The van der Waals surface area contributed by atoms with Gasteiger partial charge in [-0.1, -0.05) is 60.7 Å². The molecule has 0 aromatic heterocycles. The number of ether oxygens (including phenoxy) is 1. The third kappa shape index (κ3) is 5.41. The normalized spacial score (nSPS) is 19.4. The van der Waals surface area contributed by atoms with Crippen molar-refractivity contribution < 1.29 is 24.6 Å². The molecule has 0 spiro atoms. The number of aliphatic hydroxyl groups excluding tert-OH is 1. The molecule has 2 atom stereocenters. The summed E-state index contributed by atoms with van der Waals surface area (Å²) in [4.78, 5) is 15.9. The molecule has 1 aliphatic heterocycles. The highest BCUT2D eigenvalue weighted by Crippen LogP contribution is 2.32. The van der Waals surface area contributed by atoms with E-state index in [-0.39, 0.29) is 18.6 Å². The summed E-state index contributed by atoms with van der Waals surface area (Å²) in [5, 5.41) is 22.0. The molecular weight excluding hydrogens is 394 g/mol. The highest BCUT2D eigenvalue weighted by atomic mass is 16.8. The molecule has 0 aliphatic carbocycles. The maximum atomic E-state index is 11.0. The van der Waals surface area contributed by atoms with Gasteiger partial charge in [-0.15, -0.1) is 5.06 Å². The lowest BCUT2D eigenvalue weighted by Crippen LogP contribution is -2.44. The molecule has 0 radical (unpaired) electrons. The Morgan fingerprint density at radius 1 is 1.00 bits per heavy atom. The zero-order chi connectivity index (χ0) is 21.6. The van der Waals surface area contributed by atoms with Crippen LogP contribution in [-0.2, 0) is 22.6 Å². The lowest BCUT2D eigenvalue weighted by molar-refractivity contribution is -0.166. The van der Waals surface area contributed by atoms with Gasteiger partial charge in [0.15, 0.2) is 0 Å². The van der Waals surface area contributed by atoms with E-state index in [1.165, 1.54) is 15.8 Å². The number of rotatable bonds is 7. The summed E-state index contributed by atoms with van der Waals surface area (Å²) in [7, 11) is 0. The third-order valence-electron chi connectivity index (χ3n) is 5.82. The summed E-state index contributed by atoms with van der Waals surface area (Å²) in [6.07, 6.45) is -0.148. The molecule has 4 rings (SSSR count). The van der Waals surface area contributed by atoms with E-state index < -0.39 is 6.16 Å². The Hall–Kier alpha value is -2.93. The number of hydrogen-bond donors (Lipinski definition) is 2. The van der Waals surface area contributed by atoms with Gasteiger partial charge in [0, 0.05) is 19.1 Å². The molecular formula is C25H27NO5. The average Bonchev–Trinajstić information content (AvgIpc) is 2.78. The topological polar surface area (TPSA) is 79.2 Å². The van der Waals surface area contributed by atoms with Crippen LogP contribution in [0.1, 0.15) is 29.0 Å². The van der Waals surface area contributed by atoms with Crippen LogP contribution < -0.4 is 0 Å². The molecule has 1 saturated heterocycles. The van der Waals surface area contributed by atoms with Gasteiger partial charge in [-0.25, -0.2) is 4.79 Å². The number of hydroxylamine groups is 2. The van der Waals surface area contributed by atoms with Gasteiger partial charge >= 0.3 is 6.16 Å². The number of piperidine rings is 1. The number of carbonyl (C=O) groups is 1. The first-order chi connectivity index (χ1) is 15.1. The van der Waals surface area contributed by atoms with Crippen molar-refractivity contribution >= 4 is 16.9 Å². The van der Waals surface area contributed by atoms with Crippen LogP contribution in [0, 0.1) is 0 Å². The Kier molecular flexibility index (Phi) is 6.82. The largest absolute Gasteiger partial charge is 0.525 e. The highest BCUT2D eigenvalue weighted by molar-refractivity contribution is 5.82. The van der Waals surface area contributed by atoms with Crippen LogP contribution in [0.4, 0.5) is 4.79 Å². The van der Waals surface area contributed by atoms with Crippen LogP contribution in [-0.4, -0.2) is 47.2 Å². The van der Waals surface area contributed by atoms with Crippen LogP contribution in [0.2, 0.25) is 0 Å². The van der Waals surface area contributed by atoms with Crippen LogP contribution in [0.5, 0.6) is 0 Å². The number of carboxylic acid groups (broad SMARTS) is 1. The van der Waals surface area contributed by atoms with Gasteiger partial charge in [-0.05, 0) is 46.4 Å². The Labute approximate surface area is 181 Å². The third-order valence-corrected chi connectivity index (χ3v) is 5.82. The van der Waals surface area contributed by atoms with E-state index in [0.717, 1.165) is 23.1 Å². The zero-order valence-electron chi connectivity index (χ0n) is 17.3. The Bertz CT molecular complexity index is 1020. The standard InChI is InChI=1S/C25H27NO5/c27-14-12-18-5-9-21(10-6-18)23-11-13-26(31-25(28)29)16-24(23)30-17-19-7-8-20-3-1-2-4-22(20)15-19/h1-10,15,23-24,27H,11-14,16-17H2,(H,28,29). The SMILES string of the molecule is O=C(O)ON1CCC(c2ccc(CCO)cc2)C(OCc2ccc3ccccc3c2)C1. The molecule has 1 aliphatic rings. The van der Waals surface area contributed by atoms with Crippen molar-refractivity contribution in [1.82, 2.24) is 5.06 Å². The molecule has 3 aromatic rings. The quantitative estimate of drug-likeness (QED) is 0.590. The number of fused-ring (bicyclic) bond motifs is 1. The second kappa shape index (κ2) is 9.92. The summed E-state index contributed by atoms with van der Waals surface area (Å²) in [5.41, 5.74) is 3.32. The smallest absolute Gasteiger partial charge is 0.448 e. The van der Waals surface area contributed by atoms with Gasteiger partial charge in [0.25, 0.3) is 0 Å². The van der Waals surface area contributed by atoms with E-state index in [2.05, 4.69) is 42.5 Å². The molecule has 31 heavy (non-hydrogen) atoms. The van der Waals surface area contributed by atoms with Gasteiger partial charge in [-0.3, -0.25) is 0 Å². The first kappa shape index (κ1) is 21.3. The van der Waals surface area contributed by atoms with Crippen molar-refractivity contribution in [1.29, 1.82) is 0 Å². The monoisotopic (exact) mass is 421 g/mol. The second-order valence-electron chi connectivity index (χ2n) is 7.89. The average molecular weight is 421 g/mol. The molecule has 0 amide bonds. The minimum Gasteiger partial charge on any atom is -0.448 e. The number of hydrogen-bond acceptors (Lipinski definition) is 5. The predicted octanol–water partition coefficient (Wildman–Crippen LogP) is 4.36. The second-order valence-corrected chi connectivity index (χ2v) is 7.89. The molecule has 0 bridgehead atoms. The fourth-order valence-electron chi connectivity index (χ4n) is 4.22. The van der Waals surface area contributed by atoms with Crippen molar-refractivity contribution in [2.45, 2.75) is 31.5 Å². The summed E-state index contributed by atoms with van der Waals surface area (Å²) < 4.78 is 6.32. The van der Waals surface area contributed by atoms with E-state index >= 15 is 0 Å². The zero-order valence-corrected chi connectivity index (χ0v) is 17.3. The van der Waals surface area contributed by atoms with Crippen molar-refractivity contribution in [2.24, 2.45) is 0 Å². The first-order valence-corrected chi connectivity index (χ1v) is 10.6. The summed E-state index contributed by atoms with van der Waals surface area (Å²) in [6.45, 7) is 1.46.